The molecule has 0 aliphatic carbocycles. The number of alkyl halides is 3. The van der Waals surface area contributed by atoms with Crippen molar-refractivity contribution in [2.75, 3.05) is 34.2 Å². The van der Waals surface area contributed by atoms with Crippen molar-refractivity contribution in [3.05, 3.63) is 12.2 Å². The molecule has 0 saturated carbocycles. The molecule has 1 amide bonds. The third-order valence-electron chi connectivity index (χ3n) is 1.96. The van der Waals surface area contributed by atoms with Crippen molar-refractivity contribution in [1.82, 2.24) is 5.32 Å². The Morgan fingerprint density at radius 3 is 1.90 bits per heavy atom. The average molecular weight is 334 g/mol. The van der Waals surface area contributed by atoms with Crippen LogP contribution in [0.1, 0.15) is 13.3 Å². The number of carbonyl (C=O) groups excluding carboxylic acids is 1. The van der Waals surface area contributed by atoms with Crippen molar-refractivity contribution in [3.63, 3.8) is 0 Å². The van der Waals surface area contributed by atoms with Gasteiger partial charge in [0.1, 0.15) is 0 Å². The summed E-state index contributed by atoms with van der Waals surface area (Å²) in [6.07, 6.45) is 1.00. The van der Waals surface area contributed by atoms with Crippen molar-refractivity contribution < 1.29 is 35.4 Å². The van der Waals surface area contributed by atoms with Crippen LogP contribution in [-0.4, -0.2) is 63.1 Å². The molecule has 0 spiro atoms. The zero-order chi connectivity index (χ0) is 17.5. The molecule has 6 nitrogen and oxygen atoms in total. The second kappa shape index (κ2) is 8.35. The van der Waals surface area contributed by atoms with Gasteiger partial charge in [0.2, 0.25) is 5.91 Å². The third kappa shape index (κ3) is 13.6. The molecule has 0 aromatic carbocycles. The van der Waals surface area contributed by atoms with E-state index in [4.69, 9.17) is 13.0 Å². The molecule has 0 radical (unpaired) electrons. The van der Waals surface area contributed by atoms with Crippen LogP contribution >= 0.6 is 0 Å². The number of nitrogens with zero attached hydrogens (tertiary/aromatic N) is 1. The largest absolute Gasteiger partial charge is 0.741 e. The van der Waals surface area contributed by atoms with E-state index in [-0.39, 0.29) is 5.91 Å². The van der Waals surface area contributed by atoms with Crippen LogP contribution in [0.3, 0.4) is 0 Å². The van der Waals surface area contributed by atoms with E-state index in [1.165, 1.54) is 0 Å². The van der Waals surface area contributed by atoms with Gasteiger partial charge in [0, 0.05) is 18.5 Å². The molecule has 0 atom stereocenters. The summed E-state index contributed by atoms with van der Waals surface area (Å²) in [4.78, 5) is 11.1. The van der Waals surface area contributed by atoms with Gasteiger partial charge in [-0.25, -0.2) is 8.42 Å². The molecule has 0 rings (SSSR count). The van der Waals surface area contributed by atoms with Crippen molar-refractivity contribution in [3.8, 4) is 0 Å². The van der Waals surface area contributed by atoms with E-state index in [1.807, 2.05) is 0 Å². The summed E-state index contributed by atoms with van der Waals surface area (Å²) >= 11 is 0. The van der Waals surface area contributed by atoms with Gasteiger partial charge in [-0.1, -0.05) is 6.58 Å². The Kier molecular flexibility index (Phi) is 8.81. The molecule has 1 N–H and O–H groups in total. The summed E-state index contributed by atoms with van der Waals surface area (Å²) in [5.41, 5.74) is -5.07. The zero-order valence-electron chi connectivity index (χ0n) is 12.5. The molecule has 0 bridgehead atoms. The molecule has 0 fully saturated rings. The molecular formula is C11H21F3N2O4S. The summed E-state index contributed by atoms with van der Waals surface area (Å²) in [5, 5.41) is 2.81. The van der Waals surface area contributed by atoms with Crippen LogP contribution in [0.5, 0.6) is 0 Å². The first-order valence-corrected chi connectivity index (χ1v) is 7.25. The summed E-state index contributed by atoms with van der Waals surface area (Å²) in [5.74, 6) is -0.0404. The van der Waals surface area contributed by atoms with E-state index in [1.54, 1.807) is 6.92 Å². The first-order valence-electron chi connectivity index (χ1n) is 5.84. The third-order valence-corrected chi connectivity index (χ3v) is 2.53. The van der Waals surface area contributed by atoms with Gasteiger partial charge < -0.3 is 14.4 Å². The van der Waals surface area contributed by atoms with Crippen LogP contribution in [0.25, 0.3) is 0 Å². The standard InChI is InChI=1S/C10H20N2O.CHF3O3S/c1-9(2)10(13)11-7-6-8-12(3,4)5;2-1(3,4)8(5,6)7/h1,6-8H2,2-5H3;(H,5,6,7). The number of hydrogen-bond acceptors (Lipinski definition) is 4. The predicted octanol–water partition coefficient (Wildman–Crippen LogP) is 0.826. The summed E-state index contributed by atoms with van der Waals surface area (Å²) in [6, 6.07) is 0. The fourth-order valence-electron chi connectivity index (χ4n) is 0.906. The van der Waals surface area contributed by atoms with Crippen LogP contribution in [0.2, 0.25) is 0 Å². The molecule has 10 heteroatoms. The second-order valence-corrected chi connectivity index (χ2v) is 6.67. The number of nitrogens with one attached hydrogen (secondary N) is 1. The number of rotatable bonds is 5. The van der Waals surface area contributed by atoms with Crippen LogP contribution in [-0.2, 0) is 14.9 Å². The van der Waals surface area contributed by atoms with Gasteiger partial charge in [0.05, 0.1) is 27.7 Å². The molecule has 0 heterocycles. The Morgan fingerprint density at radius 2 is 1.67 bits per heavy atom. The number of carbonyl (C=O) groups is 1. The van der Waals surface area contributed by atoms with Crippen molar-refractivity contribution >= 4 is 16.0 Å². The lowest BCUT2D eigenvalue weighted by atomic mass is 10.3. The van der Waals surface area contributed by atoms with Gasteiger partial charge in [-0.3, -0.25) is 4.79 Å². The fraction of sp³-hybridized carbons (Fsp3) is 0.727. The highest BCUT2D eigenvalue weighted by atomic mass is 32.2. The van der Waals surface area contributed by atoms with E-state index < -0.39 is 15.6 Å². The van der Waals surface area contributed by atoms with E-state index in [2.05, 4.69) is 33.0 Å². The summed E-state index contributed by atoms with van der Waals surface area (Å²) in [6.45, 7) is 7.09. The van der Waals surface area contributed by atoms with Crippen LogP contribution < -0.4 is 5.32 Å². The minimum absolute atomic E-state index is 0.0404. The fourth-order valence-corrected chi connectivity index (χ4v) is 0.906. The first-order chi connectivity index (χ1) is 9.08. The van der Waals surface area contributed by atoms with Crippen molar-refractivity contribution in [2.24, 2.45) is 0 Å². The lowest BCUT2D eigenvalue weighted by Crippen LogP contribution is -2.37. The van der Waals surface area contributed by atoms with Crippen LogP contribution in [0, 0.1) is 0 Å². The number of halogens is 3. The van der Waals surface area contributed by atoms with E-state index in [9.17, 15) is 18.0 Å². The van der Waals surface area contributed by atoms with E-state index >= 15 is 0 Å². The second-order valence-electron chi connectivity index (χ2n) is 5.30. The summed E-state index contributed by atoms with van der Waals surface area (Å²) in [7, 11) is 0.328. The SMILES string of the molecule is C=C(C)C(=O)NCCC[N+](C)(C)C.O=S(=O)([O-])C(F)(F)F. The highest BCUT2D eigenvalue weighted by molar-refractivity contribution is 7.86. The maximum absolute atomic E-state index is 11.1. The Balaban J connectivity index is 0. The number of amides is 1. The van der Waals surface area contributed by atoms with Crippen LogP contribution in [0.15, 0.2) is 12.2 Å². The normalized spacial score (nSPS) is 12.2. The first kappa shape index (κ1) is 22.2. The minimum Gasteiger partial charge on any atom is -0.741 e. The molecule has 0 saturated heterocycles. The molecular weight excluding hydrogens is 313 g/mol. The average Bonchev–Trinajstić information content (AvgIpc) is 2.20. The molecule has 0 aromatic heterocycles. The quantitative estimate of drug-likeness (QED) is 0.265. The Morgan fingerprint density at radius 1 is 1.29 bits per heavy atom. The van der Waals surface area contributed by atoms with Crippen molar-refractivity contribution in [2.45, 2.75) is 18.9 Å². The highest BCUT2D eigenvalue weighted by Crippen LogP contribution is 2.20. The van der Waals surface area contributed by atoms with Gasteiger partial charge in [-0.05, 0) is 6.92 Å². The summed E-state index contributed by atoms with van der Waals surface area (Å²) < 4.78 is 59.8. The Hall–Kier alpha value is -1.13. The van der Waals surface area contributed by atoms with Gasteiger partial charge in [-0.2, -0.15) is 13.2 Å². The lowest BCUT2D eigenvalue weighted by molar-refractivity contribution is -0.870. The Labute approximate surface area is 123 Å². The van der Waals surface area contributed by atoms with E-state index in [0.717, 1.165) is 24.0 Å². The molecule has 0 aliphatic rings. The topological polar surface area (TPSA) is 86.3 Å². The zero-order valence-corrected chi connectivity index (χ0v) is 13.3. The van der Waals surface area contributed by atoms with Crippen molar-refractivity contribution in [1.29, 1.82) is 0 Å². The minimum atomic E-state index is -6.09. The highest BCUT2D eigenvalue weighted by Gasteiger charge is 2.36. The molecule has 0 unspecified atom stereocenters. The lowest BCUT2D eigenvalue weighted by Gasteiger charge is -2.23. The van der Waals surface area contributed by atoms with Gasteiger partial charge in [0.15, 0.2) is 10.1 Å². The van der Waals surface area contributed by atoms with Gasteiger partial charge in [-0.15, -0.1) is 0 Å². The maximum Gasteiger partial charge on any atom is 0.485 e. The molecule has 21 heavy (non-hydrogen) atoms. The predicted molar refractivity (Wildman–Crippen MR) is 71.1 cm³/mol. The monoisotopic (exact) mass is 334 g/mol. The Bertz CT molecular complexity index is 453. The smallest absolute Gasteiger partial charge is 0.485 e. The number of hydrogen-bond donors (Lipinski definition) is 1. The number of quaternary nitrogens is 1. The van der Waals surface area contributed by atoms with Crippen LogP contribution in [0.4, 0.5) is 13.2 Å². The molecule has 0 aliphatic heterocycles. The maximum atomic E-state index is 11.1. The van der Waals surface area contributed by atoms with Gasteiger partial charge >= 0.3 is 5.51 Å². The molecule has 0 aromatic rings. The van der Waals surface area contributed by atoms with E-state index in [0.29, 0.717) is 5.57 Å². The van der Waals surface area contributed by atoms with Gasteiger partial charge in [0.25, 0.3) is 0 Å². The molecule has 126 valence electrons.